The Balaban J connectivity index is 2.52. The molecular weight excluding hydrogens is 254 g/mol. The van der Waals surface area contributed by atoms with E-state index in [2.05, 4.69) is 5.32 Å². The average Bonchev–Trinajstić information content (AvgIpc) is 2.39. The van der Waals surface area contributed by atoms with E-state index in [1.807, 2.05) is 0 Å². The fraction of sp³-hybridized carbons (Fsp3) is 0.462. The summed E-state index contributed by atoms with van der Waals surface area (Å²) in [6.07, 6.45) is 0. The molecular formula is C13H16F2N2O2. The summed E-state index contributed by atoms with van der Waals surface area (Å²) >= 11 is 0. The predicted molar refractivity (Wildman–Crippen MR) is 65.8 cm³/mol. The molecule has 0 bridgehead atoms. The van der Waals surface area contributed by atoms with E-state index >= 15 is 0 Å². The lowest BCUT2D eigenvalue weighted by molar-refractivity contribution is -0.152. The maximum Gasteiger partial charge on any atom is 0.328 e. The lowest BCUT2D eigenvalue weighted by Crippen LogP contribution is -2.57. The second-order valence-corrected chi connectivity index (χ2v) is 4.71. The van der Waals surface area contributed by atoms with Crippen LogP contribution in [0.3, 0.4) is 0 Å². The number of aliphatic carboxylic acids is 1. The van der Waals surface area contributed by atoms with Crippen molar-refractivity contribution in [3.8, 4) is 0 Å². The van der Waals surface area contributed by atoms with Crippen molar-refractivity contribution in [2.75, 3.05) is 26.2 Å². The van der Waals surface area contributed by atoms with Crippen molar-refractivity contribution in [3.05, 3.63) is 35.4 Å². The van der Waals surface area contributed by atoms with E-state index in [1.54, 1.807) is 4.90 Å². The molecule has 2 N–H and O–H groups in total. The molecule has 0 aliphatic carbocycles. The Kier molecular flexibility index (Phi) is 3.82. The third kappa shape index (κ3) is 2.33. The van der Waals surface area contributed by atoms with Gasteiger partial charge in [-0.15, -0.1) is 0 Å². The first-order valence-electron chi connectivity index (χ1n) is 6.11. The molecule has 1 heterocycles. The maximum absolute atomic E-state index is 13.9. The molecule has 1 atom stereocenters. The number of carboxylic acid groups (broad SMARTS) is 1. The minimum Gasteiger partial charge on any atom is -0.480 e. The number of hydrogen-bond donors (Lipinski definition) is 2. The summed E-state index contributed by atoms with van der Waals surface area (Å²) in [7, 11) is 0. The van der Waals surface area contributed by atoms with Crippen molar-refractivity contribution in [3.63, 3.8) is 0 Å². The molecule has 1 aliphatic rings. The molecule has 1 aromatic carbocycles. The summed E-state index contributed by atoms with van der Waals surface area (Å²) in [6.45, 7) is 3.40. The number of halogens is 2. The van der Waals surface area contributed by atoms with Gasteiger partial charge in [-0.2, -0.15) is 0 Å². The van der Waals surface area contributed by atoms with Gasteiger partial charge in [-0.3, -0.25) is 4.90 Å². The van der Waals surface area contributed by atoms with Gasteiger partial charge < -0.3 is 10.4 Å². The van der Waals surface area contributed by atoms with Gasteiger partial charge in [0.2, 0.25) is 0 Å². The van der Waals surface area contributed by atoms with Crippen molar-refractivity contribution in [1.82, 2.24) is 10.2 Å². The lowest BCUT2D eigenvalue weighted by Gasteiger charge is -2.40. The molecule has 1 saturated heterocycles. The number of carbonyl (C=O) groups is 1. The smallest absolute Gasteiger partial charge is 0.328 e. The molecule has 0 radical (unpaired) electrons. The highest BCUT2D eigenvalue weighted by atomic mass is 19.1. The van der Waals surface area contributed by atoms with Crippen LogP contribution in [0.4, 0.5) is 8.78 Å². The van der Waals surface area contributed by atoms with Crippen LogP contribution in [0, 0.1) is 11.6 Å². The van der Waals surface area contributed by atoms with Gasteiger partial charge in [0.25, 0.3) is 0 Å². The maximum atomic E-state index is 13.9. The van der Waals surface area contributed by atoms with Gasteiger partial charge in [-0.25, -0.2) is 13.6 Å². The Labute approximate surface area is 110 Å². The van der Waals surface area contributed by atoms with Crippen molar-refractivity contribution in [2.45, 2.75) is 12.5 Å². The van der Waals surface area contributed by atoms with Crippen molar-refractivity contribution in [1.29, 1.82) is 0 Å². The number of benzene rings is 1. The third-order valence-electron chi connectivity index (χ3n) is 3.62. The van der Waals surface area contributed by atoms with Crippen molar-refractivity contribution in [2.24, 2.45) is 0 Å². The quantitative estimate of drug-likeness (QED) is 0.865. The Morgan fingerprint density at radius 2 is 1.84 bits per heavy atom. The minimum atomic E-state index is -1.70. The van der Waals surface area contributed by atoms with Gasteiger partial charge in [0, 0.05) is 26.2 Å². The molecule has 4 nitrogen and oxygen atoms in total. The number of piperazine rings is 1. The summed E-state index contributed by atoms with van der Waals surface area (Å²) in [6, 6.07) is 3.40. The molecule has 2 rings (SSSR count). The van der Waals surface area contributed by atoms with Gasteiger partial charge in [0.1, 0.15) is 17.2 Å². The zero-order chi connectivity index (χ0) is 14.0. The molecule has 0 spiro atoms. The molecule has 104 valence electrons. The van der Waals surface area contributed by atoms with Crippen LogP contribution < -0.4 is 5.32 Å². The van der Waals surface area contributed by atoms with E-state index in [-0.39, 0.29) is 0 Å². The van der Waals surface area contributed by atoms with E-state index in [1.165, 1.54) is 13.0 Å². The van der Waals surface area contributed by atoms with E-state index < -0.39 is 28.7 Å². The fourth-order valence-electron chi connectivity index (χ4n) is 2.48. The van der Waals surface area contributed by atoms with Gasteiger partial charge in [0.15, 0.2) is 0 Å². The molecule has 1 unspecified atom stereocenters. The van der Waals surface area contributed by atoms with Crippen LogP contribution in [0.1, 0.15) is 12.5 Å². The van der Waals surface area contributed by atoms with Crippen LogP contribution in [-0.2, 0) is 10.3 Å². The first kappa shape index (κ1) is 13.9. The Morgan fingerprint density at radius 1 is 1.32 bits per heavy atom. The van der Waals surface area contributed by atoms with E-state index in [0.29, 0.717) is 26.2 Å². The van der Waals surface area contributed by atoms with Crippen LogP contribution in [0.25, 0.3) is 0 Å². The van der Waals surface area contributed by atoms with Crippen LogP contribution in [0.2, 0.25) is 0 Å². The van der Waals surface area contributed by atoms with Crippen LogP contribution in [0.5, 0.6) is 0 Å². The Bertz CT molecular complexity index is 469. The normalized spacial score (nSPS) is 19.9. The van der Waals surface area contributed by atoms with Crippen molar-refractivity contribution < 1.29 is 18.7 Å². The molecule has 1 aliphatic heterocycles. The summed E-state index contributed by atoms with van der Waals surface area (Å²) < 4.78 is 27.8. The third-order valence-corrected chi connectivity index (χ3v) is 3.62. The molecule has 1 aromatic rings. The van der Waals surface area contributed by atoms with E-state index in [0.717, 1.165) is 12.1 Å². The standard InChI is InChI=1S/C13H16F2N2O2/c1-13(12(18)19,17-7-5-16-6-8-17)11-9(14)3-2-4-10(11)15/h2-4,16H,5-8H2,1H3,(H,18,19). The minimum absolute atomic E-state index is 0.399. The zero-order valence-corrected chi connectivity index (χ0v) is 10.6. The van der Waals surface area contributed by atoms with Gasteiger partial charge in [-0.1, -0.05) is 6.07 Å². The molecule has 1 fully saturated rings. The summed E-state index contributed by atoms with van der Waals surface area (Å²) in [5.41, 5.74) is -2.10. The van der Waals surface area contributed by atoms with E-state index in [9.17, 15) is 18.7 Å². The largest absolute Gasteiger partial charge is 0.480 e. The van der Waals surface area contributed by atoms with E-state index in [4.69, 9.17) is 0 Å². The van der Waals surface area contributed by atoms with Crippen molar-refractivity contribution >= 4 is 5.97 Å². The molecule has 0 amide bonds. The summed E-state index contributed by atoms with van der Waals surface area (Å²) in [4.78, 5) is 13.2. The second-order valence-electron chi connectivity index (χ2n) is 4.71. The Morgan fingerprint density at radius 3 is 2.32 bits per heavy atom. The highest BCUT2D eigenvalue weighted by Crippen LogP contribution is 2.33. The molecule has 0 saturated carbocycles. The lowest BCUT2D eigenvalue weighted by atomic mass is 9.88. The second kappa shape index (κ2) is 5.22. The highest BCUT2D eigenvalue weighted by molar-refractivity contribution is 5.80. The SMILES string of the molecule is CC(C(=O)O)(c1c(F)cccc1F)N1CCNCC1. The Hall–Kier alpha value is -1.53. The topological polar surface area (TPSA) is 52.6 Å². The predicted octanol–water partition coefficient (Wildman–Crippen LogP) is 1.17. The summed E-state index contributed by atoms with van der Waals surface area (Å²) in [5.74, 6) is -2.91. The molecule has 6 heteroatoms. The zero-order valence-electron chi connectivity index (χ0n) is 10.6. The first-order valence-corrected chi connectivity index (χ1v) is 6.11. The van der Waals surface area contributed by atoms with Crippen LogP contribution >= 0.6 is 0 Å². The number of nitrogens with zero attached hydrogens (tertiary/aromatic N) is 1. The molecule has 19 heavy (non-hydrogen) atoms. The van der Waals surface area contributed by atoms with Gasteiger partial charge in [-0.05, 0) is 19.1 Å². The molecule has 0 aromatic heterocycles. The summed E-state index contributed by atoms with van der Waals surface area (Å²) in [5, 5.41) is 12.6. The number of rotatable bonds is 3. The van der Waals surface area contributed by atoms with Crippen LogP contribution in [0.15, 0.2) is 18.2 Å². The number of hydrogen-bond acceptors (Lipinski definition) is 3. The van der Waals surface area contributed by atoms with Gasteiger partial charge >= 0.3 is 5.97 Å². The number of carboxylic acids is 1. The van der Waals surface area contributed by atoms with Crippen LogP contribution in [-0.4, -0.2) is 42.2 Å². The number of nitrogens with one attached hydrogen (secondary N) is 1. The highest BCUT2D eigenvalue weighted by Gasteiger charge is 2.45. The fourth-order valence-corrected chi connectivity index (χ4v) is 2.48. The monoisotopic (exact) mass is 270 g/mol. The first-order chi connectivity index (χ1) is 8.98. The average molecular weight is 270 g/mol. The van der Waals surface area contributed by atoms with Gasteiger partial charge in [0.05, 0.1) is 5.56 Å².